The Morgan fingerprint density at radius 3 is 2.73 bits per heavy atom. The number of hydrogen-bond donors (Lipinski definition) is 1. The van der Waals surface area contributed by atoms with Gasteiger partial charge in [-0.1, -0.05) is 19.0 Å². The highest BCUT2D eigenvalue weighted by Gasteiger charge is 2.24. The van der Waals surface area contributed by atoms with Gasteiger partial charge in [0.05, 0.1) is 16.3 Å². The molecular formula is C14H14FN3O4. The summed E-state index contributed by atoms with van der Waals surface area (Å²) in [6, 6.07) is 2.91. The largest absolute Gasteiger partial charge is 0.360 e. The minimum absolute atomic E-state index is 0.0862. The molecule has 0 fully saturated rings. The summed E-state index contributed by atoms with van der Waals surface area (Å²) in [5.41, 5.74) is -0.00900. The number of aryl methyl sites for hydroxylation is 1. The first kappa shape index (κ1) is 15.6. The highest BCUT2D eigenvalue weighted by atomic mass is 19.1. The van der Waals surface area contributed by atoms with E-state index < -0.39 is 16.6 Å². The highest BCUT2D eigenvalue weighted by Crippen LogP contribution is 2.25. The van der Waals surface area contributed by atoms with Crippen molar-refractivity contribution in [3.8, 4) is 0 Å². The van der Waals surface area contributed by atoms with E-state index in [-0.39, 0.29) is 22.9 Å². The van der Waals surface area contributed by atoms with E-state index in [0.29, 0.717) is 11.5 Å². The van der Waals surface area contributed by atoms with Gasteiger partial charge in [-0.3, -0.25) is 14.9 Å². The Kier molecular flexibility index (Phi) is 4.20. The molecule has 1 aromatic carbocycles. The summed E-state index contributed by atoms with van der Waals surface area (Å²) in [5.74, 6) is -1.10. The van der Waals surface area contributed by atoms with Crippen LogP contribution in [-0.4, -0.2) is 16.0 Å². The lowest BCUT2D eigenvalue weighted by molar-refractivity contribution is -0.384. The van der Waals surface area contributed by atoms with E-state index >= 15 is 0 Å². The number of aromatic nitrogens is 1. The molecule has 2 aromatic rings. The Bertz CT molecular complexity index is 740. The van der Waals surface area contributed by atoms with Crippen LogP contribution in [0.5, 0.6) is 0 Å². The zero-order chi connectivity index (χ0) is 16.4. The molecule has 1 aromatic heterocycles. The lowest BCUT2D eigenvalue weighted by atomic mass is 10.0. The molecule has 0 bridgehead atoms. The van der Waals surface area contributed by atoms with Gasteiger partial charge >= 0.3 is 0 Å². The Balaban J connectivity index is 2.36. The van der Waals surface area contributed by atoms with Gasteiger partial charge in [-0.25, -0.2) is 4.39 Å². The Hall–Kier alpha value is -2.77. The van der Waals surface area contributed by atoms with Crippen LogP contribution in [0, 0.1) is 22.9 Å². The number of hydrogen-bond acceptors (Lipinski definition) is 5. The van der Waals surface area contributed by atoms with E-state index in [1.165, 1.54) is 0 Å². The molecule has 1 heterocycles. The zero-order valence-corrected chi connectivity index (χ0v) is 12.2. The van der Waals surface area contributed by atoms with E-state index in [2.05, 4.69) is 10.5 Å². The second-order valence-corrected chi connectivity index (χ2v) is 5.04. The maximum absolute atomic E-state index is 13.7. The molecule has 0 aliphatic carbocycles. The first-order valence-corrected chi connectivity index (χ1v) is 6.52. The Morgan fingerprint density at radius 1 is 1.45 bits per heavy atom. The number of carbonyl (C=O) groups excluding carboxylic acids is 1. The summed E-state index contributed by atoms with van der Waals surface area (Å²) < 4.78 is 18.8. The van der Waals surface area contributed by atoms with E-state index in [1.807, 2.05) is 13.8 Å². The molecule has 0 atom stereocenters. The van der Waals surface area contributed by atoms with Crippen LogP contribution in [-0.2, 0) is 0 Å². The second-order valence-electron chi connectivity index (χ2n) is 5.04. The van der Waals surface area contributed by atoms with Crippen molar-refractivity contribution >= 4 is 17.3 Å². The van der Waals surface area contributed by atoms with Crippen LogP contribution in [0.2, 0.25) is 0 Å². The molecule has 0 radical (unpaired) electrons. The van der Waals surface area contributed by atoms with Gasteiger partial charge in [0, 0.05) is 18.1 Å². The maximum atomic E-state index is 13.7. The molecule has 1 amide bonds. The number of anilines is 1. The second kappa shape index (κ2) is 5.92. The fourth-order valence-corrected chi connectivity index (χ4v) is 1.96. The van der Waals surface area contributed by atoms with Crippen molar-refractivity contribution < 1.29 is 18.6 Å². The molecule has 0 aliphatic rings. The average Bonchev–Trinajstić information content (AvgIpc) is 2.83. The number of nitrogens with one attached hydrogen (secondary N) is 1. The van der Waals surface area contributed by atoms with E-state index in [9.17, 15) is 19.3 Å². The number of carbonyl (C=O) groups is 1. The van der Waals surface area contributed by atoms with Gasteiger partial charge in [0.15, 0.2) is 5.76 Å². The Morgan fingerprint density at radius 2 is 2.14 bits per heavy atom. The maximum Gasteiger partial charge on any atom is 0.271 e. The summed E-state index contributed by atoms with van der Waals surface area (Å²) in [6.45, 7) is 5.24. The van der Waals surface area contributed by atoms with Crippen LogP contribution in [0.15, 0.2) is 22.7 Å². The van der Waals surface area contributed by atoms with Gasteiger partial charge in [-0.05, 0) is 13.0 Å². The zero-order valence-electron chi connectivity index (χ0n) is 12.2. The number of benzene rings is 1. The van der Waals surface area contributed by atoms with Gasteiger partial charge in [0.2, 0.25) is 0 Å². The number of nitrogens with zero attached hydrogens (tertiary/aromatic N) is 2. The van der Waals surface area contributed by atoms with Gasteiger partial charge < -0.3 is 9.84 Å². The lowest BCUT2D eigenvalue weighted by Gasteiger charge is -2.08. The van der Waals surface area contributed by atoms with Crippen molar-refractivity contribution in [3.05, 3.63) is 51.1 Å². The fourth-order valence-electron chi connectivity index (χ4n) is 1.96. The smallest absolute Gasteiger partial charge is 0.271 e. The average molecular weight is 307 g/mol. The summed E-state index contributed by atoms with van der Waals surface area (Å²) in [4.78, 5) is 22.4. The van der Waals surface area contributed by atoms with Crippen LogP contribution in [0.25, 0.3) is 0 Å². The van der Waals surface area contributed by atoms with E-state index in [4.69, 9.17) is 4.52 Å². The summed E-state index contributed by atoms with van der Waals surface area (Å²) in [7, 11) is 0. The third-order valence-corrected chi connectivity index (χ3v) is 3.05. The molecule has 2 rings (SSSR count). The SMILES string of the molecule is Cc1noc(C(C)C)c1C(=O)Nc1cc([N+](=O)[O-])ccc1F. The molecule has 116 valence electrons. The lowest BCUT2D eigenvalue weighted by Crippen LogP contribution is -2.16. The highest BCUT2D eigenvalue weighted by molar-refractivity contribution is 6.06. The van der Waals surface area contributed by atoms with Crippen LogP contribution >= 0.6 is 0 Å². The van der Waals surface area contributed by atoms with Crippen LogP contribution in [0.3, 0.4) is 0 Å². The van der Waals surface area contributed by atoms with Crippen molar-refractivity contribution in [2.24, 2.45) is 0 Å². The third-order valence-electron chi connectivity index (χ3n) is 3.05. The number of rotatable bonds is 4. The number of nitro groups is 1. The first-order chi connectivity index (χ1) is 10.3. The molecule has 7 nitrogen and oxygen atoms in total. The Labute approximate surface area is 125 Å². The molecule has 0 saturated heterocycles. The predicted octanol–water partition coefficient (Wildman–Crippen LogP) is 3.41. The predicted molar refractivity (Wildman–Crippen MR) is 76.3 cm³/mol. The van der Waals surface area contributed by atoms with Gasteiger partial charge in [0.25, 0.3) is 11.6 Å². The number of nitro benzene ring substituents is 1. The van der Waals surface area contributed by atoms with Crippen molar-refractivity contribution in [3.63, 3.8) is 0 Å². The molecule has 0 unspecified atom stereocenters. The van der Waals surface area contributed by atoms with Crippen LogP contribution in [0.4, 0.5) is 15.8 Å². The minimum Gasteiger partial charge on any atom is -0.360 e. The summed E-state index contributed by atoms with van der Waals surface area (Å²) >= 11 is 0. The van der Waals surface area contributed by atoms with Crippen LogP contribution in [0.1, 0.15) is 41.6 Å². The first-order valence-electron chi connectivity index (χ1n) is 6.52. The monoisotopic (exact) mass is 307 g/mol. The molecule has 0 aliphatic heterocycles. The molecule has 0 saturated carbocycles. The molecule has 8 heteroatoms. The van der Waals surface area contributed by atoms with Crippen molar-refractivity contribution in [1.82, 2.24) is 5.16 Å². The summed E-state index contributed by atoms with van der Waals surface area (Å²) in [6.07, 6.45) is 0. The molecule has 1 N–H and O–H groups in total. The molecule has 22 heavy (non-hydrogen) atoms. The van der Waals surface area contributed by atoms with Gasteiger partial charge in [0.1, 0.15) is 11.4 Å². The van der Waals surface area contributed by atoms with Crippen LogP contribution < -0.4 is 5.32 Å². The number of halogens is 1. The van der Waals surface area contributed by atoms with Gasteiger partial charge in [-0.15, -0.1) is 0 Å². The summed E-state index contributed by atoms with van der Waals surface area (Å²) in [5, 5.41) is 16.8. The number of amides is 1. The van der Waals surface area contributed by atoms with Crippen molar-refractivity contribution in [2.45, 2.75) is 26.7 Å². The van der Waals surface area contributed by atoms with Gasteiger partial charge in [-0.2, -0.15) is 0 Å². The quantitative estimate of drug-likeness (QED) is 0.689. The number of non-ortho nitro benzene ring substituents is 1. The standard InChI is InChI=1S/C14H14FN3O4/c1-7(2)13-12(8(3)17-22-13)14(19)16-11-6-9(18(20)21)4-5-10(11)15/h4-7H,1-3H3,(H,16,19). The van der Waals surface area contributed by atoms with Crippen molar-refractivity contribution in [1.29, 1.82) is 0 Å². The minimum atomic E-state index is -0.765. The molecular weight excluding hydrogens is 293 g/mol. The third kappa shape index (κ3) is 2.95. The van der Waals surface area contributed by atoms with Crippen molar-refractivity contribution in [2.75, 3.05) is 5.32 Å². The fraction of sp³-hybridized carbons (Fsp3) is 0.286. The molecule has 0 spiro atoms. The van der Waals surface area contributed by atoms with E-state index in [0.717, 1.165) is 18.2 Å². The topological polar surface area (TPSA) is 98.3 Å². The normalized spacial score (nSPS) is 10.8. The van der Waals surface area contributed by atoms with E-state index in [1.54, 1.807) is 6.92 Å².